The second-order valence-electron chi connectivity index (χ2n) is 8.35. The standard InChI is InChI=1S/C27H22FN7/c1-2-29-12-16-9-18(14-30-13-16)19-11-22-25(34-35-26(22)31-15-19)27-32-23-8-4-7-21(24(23)33-27)17-5-3-6-20(28)10-17/h3-11,13-15,29H,2,12H2,1H3,(H,32,33)(H,31,34,35). The fourth-order valence-corrected chi connectivity index (χ4v) is 4.29. The van der Waals surface area contributed by atoms with Crippen molar-refractivity contribution >= 4 is 22.1 Å². The third-order valence-corrected chi connectivity index (χ3v) is 6.00. The van der Waals surface area contributed by atoms with Gasteiger partial charge in [-0.1, -0.05) is 31.2 Å². The van der Waals surface area contributed by atoms with Crippen LogP contribution in [0.3, 0.4) is 0 Å². The van der Waals surface area contributed by atoms with Gasteiger partial charge in [0, 0.05) is 41.8 Å². The van der Waals surface area contributed by atoms with E-state index in [0.29, 0.717) is 17.2 Å². The molecule has 0 spiro atoms. The summed E-state index contributed by atoms with van der Waals surface area (Å²) in [6.07, 6.45) is 5.52. The first kappa shape index (κ1) is 21.1. The number of para-hydroxylation sites is 1. The van der Waals surface area contributed by atoms with E-state index < -0.39 is 0 Å². The van der Waals surface area contributed by atoms with Crippen LogP contribution in [0.2, 0.25) is 0 Å². The fraction of sp³-hybridized carbons (Fsp3) is 0.111. The highest BCUT2D eigenvalue weighted by Gasteiger charge is 2.16. The lowest BCUT2D eigenvalue weighted by Gasteiger charge is -2.05. The van der Waals surface area contributed by atoms with Crippen LogP contribution >= 0.6 is 0 Å². The zero-order chi connectivity index (χ0) is 23.8. The molecule has 0 radical (unpaired) electrons. The van der Waals surface area contributed by atoms with Crippen LogP contribution in [0.15, 0.2) is 73.2 Å². The topological polar surface area (TPSA) is 95.2 Å². The number of nitrogens with one attached hydrogen (secondary N) is 3. The van der Waals surface area contributed by atoms with Crippen molar-refractivity contribution in [2.24, 2.45) is 0 Å². The number of halogens is 1. The van der Waals surface area contributed by atoms with Crippen LogP contribution in [0.25, 0.3) is 55.8 Å². The Morgan fingerprint density at radius 3 is 2.71 bits per heavy atom. The first-order valence-corrected chi connectivity index (χ1v) is 11.4. The molecule has 0 atom stereocenters. The molecule has 6 aromatic rings. The van der Waals surface area contributed by atoms with Crippen LogP contribution in [0.4, 0.5) is 4.39 Å². The average molecular weight is 464 g/mol. The van der Waals surface area contributed by atoms with Crippen LogP contribution in [0.1, 0.15) is 12.5 Å². The molecular formula is C27H22FN7. The maximum absolute atomic E-state index is 13.9. The molecule has 0 unspecified atom stereocenters. The lowest BCUT2D eigenvalue weighted by molar-refractivity contribution is 0.628. The Hall–Kier alpha value is -4.43. The van der Waals surface area contributed by atoms with Gasteiger partial charge in [-0.3, -0.25) is 10.1 Å². The number of H-pyrrole nitrogens is 2. The van der Waals surface area contributed by atoms with Crippen molar-refractivity contribution in [3.05, 3.63) is 84.6 Å². The second-order valence-corrected chi connectivity index (χ2v) is 8.35. The van der Waals surface area contributed by atoms with Crippen molar-refractivity contribution in [1.82, 2.24) is 35.5 Å². The molecule has 0 aliphatic carbocycles. The van der Waals surface area contributed by atoms with Gasteiger partial charge >= 0.3 is 0 Å². The molecule has 0 saturated carbocycles. The van der Waals surface area contributed by atoms with Gasteiger partial charge < -0.3 is 10.3 Å². The van der Waals surface area contributed by atoms with E-state index in [9.17, 15) is 4.39 Å². The first-order valence-electron chi connectivity index (χ1n) is 11.4. The lowest BCUT2D eigenvalue weighted by Crippen LogP contribution is -2.11. The van der Waals surface area contributed by atoms with Crippen LogP contribution in [-0.2, 0) is 6.54 Å². The molecule has 8 heteroatoms. The maximum atomic E-state index is 13.9. The quantitative estimate of drug-likeness (QED) is 0.304. The van der Waals surface area contributed by atoms with E-state index in [0.717, 1.165) is 57.3 Å². The van der Waals surface area contributed by atoms with Crippen molar-refractivity contribution in [2.45, 2.75) is 13.5 Å². The molecule has 4 aromatic heterocycles. The summed E-state index contributed by atoms with van der Waals surface area (Å²) in [6, 6.07) is 16.5. The molecule has 0 fully saturated rings. The lowest BCUT2D eigenvalue weighted by atomic mass is 10.0. The Morgan fingerprint density at radius 1 is 0.943 bits per heavy atom. The number of pyridine rings is 2. The van der Waals surface area contributed by atoms with E-state index in [4.69, 9.17) is 4.98 Å². The SMILES string of the molecule is CCNCc1cncc(-c2cnc3[nH]nc(-c4nc5c(-c6cccc(F)c6)cccc5[nH]4)c3c2)c1. The molecule has 0 amide bonds. The summed E-state index contributed by atoms with van der Waals surface area (Å²) >= 11 is 0. The summed E-state index contributed by atoms with van der Waals surface area (Å²) in [5.41, 5.74) is 7.62. The summed E-state index contributed by atoms with van der Waals surface area (Å²) in [4.78, 5) is 17.2. The van der Waals surface area contributed by atoms with Crippen LogP contribution in [0.5, 0.6) is 0 Å². The monoisotopic (exact) mass is 463 g/mol. The first-order chi connectivity index (χ1) is 17.2. The molecule has 4 heterocycles. The zero-order valence-electron chi connectivity index (χ0n) is 19.0. The van der Waals surface area contributed by atoms with E-state index in [-0.39, 0.29) is 5.82 Å². The number of imidazole rings is 1. The number of hydrogen-bond acceptors (Lipinski definition) is 5. The third kappa shape index (κ3) is 3.94. The number of fused-ring (bicyclic) bond motifs is 2. The molecule has 0 bridgehead atoms. The maximum Gasteiger partial charge on any atom is 0.159 e. The number of aromatic amines is 2. The highest BCUT2D eigenvalue weighted by molar-refractivity contribution is 5.97. The number of benzene rings is 2. The number of aromatic nitrogens is 6. The minimum Gasteiger partial charge on any atom is -0.337 e. The van der Waals surface area contributed by atoms with Gasteiger partial charge in [0.25, 0.3) is 0 Å². The van der Waals surface area contributed by atoms with Gasteiger partial charge in [0.15, 0.2) is 11.5 Å². The number of hydrogen-bond donors (Lipinski definition) is 3. The molecule has 3 N–H and O–H groups in total. The predicted molar refractivity (Wildman–Crippen MR) is 135 cm³/mol. The largest absolute Gasteiger partial charge is 0.337 e. The molecule has 35 heavy (non-hydrogen) atoms. The minimum atomic E-state index is -0.281. The van der Waals surface area contributed by atoms with Crippen molar-refractivity contribution in [3.8, 4) is 33.8 Å². The average Bonchev–Trinajstić information content (AvgIpc) is 3.51. The summed E-state index contributed by atoms with van der Waals surface area (Å²) in [5, 5.41) is 11.7. The van der Waals surface area contributed by atoms with Gasteiger partial charge in [0.1, 0.15) is 11.5 Å². The van der Waals surface area contributed by atoms with Crippen molar-refractivity contribution < 1.29 is 4.39 Å². The van der Waals surface area contributed by atoms with Gasteiger partial charge in [0.2, 0.25) is 0 Å². The number of nitrogens with zero attached hydrogens (tertiary/aromatic N) is 4. The van der Waals surface area contributed by atoms with E-state index in [1.807, 2.05) is 42.9 Å². The molecule has 0 aliphatic rings. The fourth-order valence-electron chi connectivity index (χ4n) is 4.29. The smallest absolute Gasteiger partial charge is 0.159 e. The predicted octanol–water partition coefficient (Wildman–Crippen LogP) is 5.48. The van der Waals surface area contributed by atoms with Crippen molar-refractivity contribution in [2.75, 3.05) is 6.54 Å². The van der Waals surface area contributed by atoms with Gasteiger partial charge in [0.05, 0.1) is 16.4 Å². The highest BCUT2D eigenvalue weighted by atomic mass is 19.1. The second kappa shape index (κ2) is 8.73. The van der Waals surface area contributed by atoms with Crippen molar-refractivity contribution in [3.63, 3.8) is 0 Å². The molecule has 2 aromatic carbocycles. The van der Waals surface area contributed by atoms with Crippen LogP contribution in [0, 0.1) is 5.82 Å². The summed E-state index contributed by atoms with van der Waals surface area (Å²) in [5.74, 6) is 0.337. The molecule has 172 valence electrons. The van der Waals surface area contributed by atoms with E-state index in [1.165, 1.54) is 12.1 Å². The van der Waals surface area contributed by atoms with Gasteiger partial charge in [-0.25, -0.2) is 14.4 Å². The van der Waals surface area contributed by atoms with Crippen LogP contribution in [-0.4, -0.2) is 36.7 Å². The summed E-state index contributed by atoms with van der Waals surface area (Å²) < 4.78 is 13.9. The molecule has 0 saturated heterocycles. The highest BCUT2D eigenvalue weighted by Crippen LogP contribution is 2.32. The van der Waals surface area contributed by atoms with Crippen LogP contribution < -0.4 is 5.32 Å². The molecular weight excluding hydrogens is 441 g/mol. The van der Waals surface area contributed by atoms with Gasteiger partial charge in [-0.15, -0.1) is 0 Å². The minimum absolute atomic E-state index is 0.281. The third-order valence-electron chi connectivity index (χ3n) is 6.00. The van der Waals surface area contributed by atoms with E-state index in [1.54, 1.807) is 6.07 Å². The Balaban J connectivity index is 1.44. The number of rotatable bonds is 6. The normalized spacial score (nSPS) is 11.5. The van der Waals surface area contributed by atoms with E-state index in [2.05, 4.69) is 49.5 Å². The Kier molecular flexibility index (Phi) is 5.27. The molecule has 7 nitrogen and oxygen atoms in total. The molecule has 0 aliphatic heterocycles. The summed E-state index contributed by atoms with van der Waals surface area (Å²) in [7, 11) is 0. The van der Waals surface area contributed by atoms with Gasteiger partial charge in [-0.2, -0.15) is 5.10 Å². The Labute approximate surface area is 200 Å². The van der Waals surface area contributed by atoms with E-state index >= 15 is 0 Å². The van der Waals surface area contributed by atoms with Crippen molar-refractivity contribution in [1.29, 1.82) is 0 Å². The Morgan fingerprint density at radius 2 is 1.83 bits per heavy atom. The molecule has 6 rings (SSSR count). The zero-order valence-corrected chi connectivity index (χ0v) is 19.0. The summed E-state index contributed by atoms with van der Waals surface area (Å²) in [6.45, 7) is 3.74. The Bertz CT molecular complexity index is 1670. The van der Waals surface area contributed by atoms with Gasteiger partial charge in [-0.05, 0) is 48.0 Å².